The Hall–Kier alpha value is -1.68. The normalized spacial score (nSPS) is 22.1. The van der Waals surface area contributed by atoms with Crippen molar-refractivity contribution in [2.45, 2.75) is 204 Å². The van der Waals surface area contributed by atoms with Crippen molar-refractivity contribution in [3.8, 4) is 0 Å². The number of aliphatic hydroxyl groups is 4. The molecule has 0 bridgehead atoms. The van der Waals surface area contributed by atoms with Crippen molar-refractivity contribution in [2.75, 3.05) is 13.2 Å². The van der Waals surface area contributed by atoms with Crippen molar-refractivity contribution in [1.29, 1.82) is 0 Å². The summed E-state index contributed by atoms with van der Waals surface area (Å²) in [6.07, 6.45) is 27.7. The molecule has 0 saturated carbocycles. The first-order valence-corrected chi connectivity index (χ1v) is 22.2. The monoisotopic (exact) mass is 790 g/mol. The lowest BCUT2D eigenvalue weighted by Gasteiger charge is -2.41. The van der Waals surface area contributed by atoms with Crippen molar-refractivity contribution in [2.24, 2.45) is 0 Å². The Kier molecular flexibility index (Phi) is 30.2. The summed E-state index contributed by atoms with van der Waals surface area (Å²) >= 11 is 0. The summed E-state index contributed by atoms with van der Waals surface area (Å²) in [7, 11) is -5.09. The van der Waals surface area contributed by atoms with Gasteiger partial charge in [0.05, 0.1) is 25.4 Å². The third-order valence-electron chi connectivity index (χ3n) is 9.68. The summed E-state index contributed by atoms with van der Waals surface area (Å²) in [6, 6.07) is -0.972. The van der Waals surface area contributed by atoms with Crippen LogP contribution in [0.25, 0.3) is 0 Å². The number of ether oxygens (including phenoxy) is 2. The van der Waals surface area contributed by atoms with Crippen LogP contribution in [0.4, 0.5) is 0 Å². The zero-order valence-electron chi connectivity index (χ0n) is 33.3. The number of carbonyl (C=O) groups excluding carboxylic acids is 1. The predicted octanol–water partition coefficient (Wildman–Crippen LogP) is 7.16. The molecule has 13 heteroatoms. The van der Waals surface area contributed by atoms with E-state index in [9.17, 15) is 33.6 Å². The Morgan fingerprint density at radius 3 is 1.76 bits per heavy atom. The van der Waals surface area contributed by atoms with E-state index in [1.165, 1.54) is 96.3 Å². The molecule has 1 rings (SSSR count). The van der Waals surface area contributed by atoms with Crippen LogP contribution in [0.5, 0.6) is 0 Å². The van der Waals surface area contributed by atoms with Gasteiger partial charge in [-0.15, -0.1) is 0 Å². The van der Waals surface area contributed by atoms with E-state index < -0.39 is 59.9 Å². The molecular formula is C41H75NO11S. The fraction of sp³-hybridized carbons (Fsp3) is 0.829. The molecule has 0 radical (unpaired) electrons. The molecule has 0 aliphatic carbocycles. The Morgan fingerprint density at radius 1 is 0.741 bits per heavy atom. The number of amides is 1. The fourth-order valence-corrected chi connectivity index (χ4v) is 6.89. The zero-order chi connectivity index (χ0) is 39.9. The van der Waals surface area contributed by atoms with E-state index >= 15 is 0 Å². The zero-order valence-corrected chi connectivity index (χ0v) is 34.1. The molecule has 1 fully saturated rings. The van der Waals surface area contributed by atoms with E-state index in [1.54, 1.807) is 6.08 Å². The van der Waals surface area contributed by atoms with Crippen molar-refractivity contribution < 1.29 is 51.8 Å². The molecule has 316 valence electrons. The first-order chi connectivity index (χ1) is 26.0. The quantitative estimate of drug-likeness (QED) is 0.0220. The minimum atomic E-state index is -5.09. The van der Waals surface area contributed by atoms with E-state index in [0.29, 0.717) is 6.42 Å². The SMILES string of the molecule is CCCCCCCC/C=C\C/C=C\CCC(=O)NC(COC1OC(CO)C(O)C(OS(=O)(=O)O)C1O)C(O)/C=C/CCCCCCCCCCCCCC. The fourth-order valence-electron chi connectivity index (χ4n) is 6.38. The molecule has 0 spiro atoms. The summed E-state index contributed by atoms with van der Waals surface area (Å²) < 4.78 is 47.4. The summed E-state index contributed by atoms with van der Waals surface area (Å²) in [4.78, 5) is 12.9. The molecule has 54 heavy (non-hydrogen) atoms. The van der Waals surface area contributed by atoms with Crippen molar-refractivity contribution in [1.82, 2.24) is 5.32 Å². The minimum absolute atomic E-state index is 0.162. The van der Waals surface area contributed by atoms with E-state index in [1.807, 2.05) is 18.2 Å². The number of hydrogen-bond acceptors (Lipinski definition) is 10. The number of unbranched alkanes of at least 4 members (excludes halogenated alkanes) is 18. The molecule has 7 atom stereocenters. The van der Waals surface area contributed by atoms with E-state index in [0.717, 1.165) is 38.5 Å². The molecule has 1 aliphatic heterocycles. The second kappa shape index (κ2) is 32.4. The van der Waals surface area contributed by atoms with Crippen LogP contribution in [0.3, 0.4) is 0 Å². The van der Waals surface area contributed by atoms with Crippen LogP contribution < -0.4 is 5.32 Å². The number of carbonyl (C=O) groups is 1. The largest absolute Gasteiger partial charge is 0.397 e. The van der Waals surface area contributed by atoms with Crippen LogP contribution in [0.2, 0.25) is 0 Å². The van der Waals surface area contributed by atoms with Gasteiger partial charge in [0.2, 0.25) is 5.91 Å². The summed E-state index contributed by atoms with van der Waals surface area (Å²) in [5.74, 6) is -0.332. The van der Waals surface area contributed by atoms with Gasteiger partial charge in [0.25, 0.3) is 0 Å². The Labute approximate surface area is 326 Å². The highest BCUT2D eigenvalue weighted by Gasteiger charge is 2.48. The molecule has 12 nitrogen and oxygen atoms in total. The van der Waals surface area contributed by atoms with Crippen molar-refractivity contribution in [3.05, 3.63) is 36.5 Å². The second-order valence-corrected chi connectivity index (χ2v) is 15.6. The Morgan fingerprint density at radius 2 is 1.24 bits per heavy atom. The van der Waals surface area contributed by atoms with E-state index in [2.05, 4.69) is 35.5 Å². The summed E-state index contributed by atoms with van der Waals surface area (Å²) in [5.41, 5.74) is 0. The lowest BCUT2D eigenvalue weighted by molar-refractivity contribution is -0.298. The smallest absolute Gasteiger partial charge is 0.394 e. The number of rotatable bonds is 34. The molecular weight excluding hydrogens is 715 g/mol. The maximum absolute atomic E-state index is 12.9. The summed E-state index contributed by atoms with van der Waals surface area (Å²) in [5, 5.41) is 44.5. The Bertz CT molecular complexity index is 1120. The summed E-state index contributed by atoms with van der Waals surface area (Å²) in [6.45, 7) is 3.31. The van der Waals surface area contributed by atoms with Crippen LogP contribution in [0.15, 0.2) is 36.5 Å². The number of allylic oxidation sites excluding steroid dienone is 5. The van der Waals surface area contributed by atoms with Gasteiger partial charge < -0.3 is 35.2 Å². The van der Waals surface area contributed by atoms with Crippen LogP contribution in [0.1, 0.15) is 162 Å². The van der Waals surface area contributed by atoms with Gasteiger partial charge in [-0.05, 0) is 38.5 Å². The molecule has 0 aromatic heterocycles. The van der Waals surface area contributed by atoms with Gasteiger partial charge in [-0.2, -0.15) is 8.42 Å². The van der Waals surface area contributed by atoms with Gasteiger partial charge in [-0.3, -0.25) is 9.35 Å². The van der Waals surface area contributed by atoms with Gasteiger partial charge in [-0.25, -0.2) is 4.18 Å². The lowest BCUT2D eigenvalue weighted by atomic mass is 9.99. The van der Waals surface area contributed by atoms with Gasteiger partial charge in [0.1, 0.15) is 24.4 Å². The van der Waals surface area contributed by atoms with Gasteiger partial charge in [-0.1, -0.05) is 153 Å². The molecule has 1 aliphatic rings. The van der Waals surface area contributed by atoms with Gasteiger partial charge in [0.15, 0.2) is 6.29 Å². The molecule has 7 unspecified atom stereocenters. The molecule has 0 aromatic carbocycles. The van der Waals surface area contributed by atoms with Gasteiger partial charge >= 0.3 is 10.4 Å². The van der Waals surface area contributed by atoms with Crippen molar-refractivity contribution in [3.63, 3.8) is 0 Å². The maximum atomic E-state index is 12.9. The van der Waals surface area contributed by atoms with E-state index in [-0.39, 0.29) is 18.9 Å². The highest BCUT2D eigenvalue weighted by molar-refractivity contribution is 7.80. The molecule has 1 amide bonds. The number of aliphatic hydroxyl groups excluding tert-OH is 4. The molecule has 6 N–H and O–H groups in total. The van der Waals surface area contributed by atoms with Crippen LogP contribution in [-0.4, -0.2) is 95.4 Å². The number of hydrogen-bond donors (Lipinski definition) is 6. The Balaban J connectivity index is 2.65. The first-order valence-electron chi connectivity index (χ1n) is 20.9. The topological polar surface area (TPSA) is 192 Å². The van der Waals surface area contributed by atoms with Crippen LogP contribution in [0, 0.1) is 0 Å². The molecule has 0 aromatic rings. The highest BCUT2D eigenvalue weighted by Crippen LogP contribution is 2.26. The van der Waals surface area contributed by atoms with E-state index in [4.69, 9.17) is 14.0 Å². The minimum Gasteiger partial charge on any atom is -0.394 e. The average molecular weight is 790 g/mol. The highest BCUT2D eigenvalue weighted by atomic mass is 32.3. The third kappa shape index (κ3) is 25.5. The standard InChI is InChI=1S/C41H75NO11S/c1-3-5-7-9-11-13-15-17-19-20-22-24-26-28-30-35(44)34(33-51-41-39(47)40(53-54(48,49)50)38(46)36(32-43)52-41)42-37(45)31-29-27-25-23-21-18-16-14-12-10-8-6-4-2/h18,21,25,27-28,30,34-36,38-41,43-44,46-47H,3-17,19-20,22-24,26,29,31-33H2,1-2H3,(H,42,45)(H,48,49,50)/b21-18-,27-25-,30-28+. The van der Waals surface area contributed by atoms with Crippen LogP contribution >= 0.6 is 0 Å². The third-order valence-corrected chi connectivity index (χ3v) is 10.1. The van der Waals surface area contributed by atoms with Gasteiger partial charge in [0, 0.05) is 6.42 Å². The average Bonchev–Trinajstić information content (AvgIpc) is 3.14. The lowest BCUT2D eigenvalue weighted by Crippen LogP contribution is -2.61. The second-order valence-electron chi connectivity index (χ2n) is 14.6. The predicted molar refractivity (Wildman–Crippen MR) is 213 cm³/mol. The molecule has 1 saturated heterocycles. The van der Waals surface area contributed by atoms with Crippen LogP contribution in [-0.2, 0) is 28.9 Å². The maximum Gasteiger partial charge on any atom is 0.397 e. The number of nitrogens with one attached hydrogen (secondary N) is 1. The molecule has 1 heterocycles. The van der Waals surface area contributed by atoms with Crippen molar-refractivity contribution >= 4 is 16.3 Å². The first kappa shape index (κ1) is 50.3.